The third kappa shape index (κ3) is 5.61. The van der Waals surface area contributed by atoms with Gasteiger partial charge in [0, 0.05) is 6.61 Å². The summed E-state index contributed by atoms with van der Waals surface area (Å²) in [4.78, 5) is 11.7. The normalized spacial score (nSPS) is 10.5. The fourth-order valence-corrected chi connectivity index (χ4v) is 2.77. The molecule has 1 N–H and O–H groups in total. The molecule has 25 heavy (non-hydrogen) atoms. The summed E-state index contributed by atoms with van der Waals surface area (Å²) < 4.78 is 10.1. The van der Waals surface area contributed by atoms with Gasteiger partial charge in [-0.15, -0.1) is 0 Å². The Labute approximate surface area is 149 Å². The van der Waals surface area contributed by atoms with Crippen molar-refractivity contribution < 1.29 is 19.4 Å². The summed E-state index contributed by atoms with van der Waals surface area (Å²) in [6.45, 7) is 0.260. The average Bonchev–Trinajstić information content (AvgIpc) is 2.66. The van der Waals surface area contributed by atoms with E-state index in [1.165, 1.54) is 18.2 Å². The highest BCUT2D eigenvalue weighted by atomic mass is 16.5. The maximum atomic E-state index is 11.7. The molecule has 0 spiro atoms. The number of ether oxygens (including phenoxy) is 2. The number of aryl methyl sites for hydroxylation is 3. The summed E-state index contributed by atoms with van der Waals surface area (Å²) in [5.41, 5.74) is 4.15. The molecule has 134 valence electrons. The van der Waals surface area contributed by atoms with Crippen molar-refractivity contribution in [1.82, 2.24) is 0 Å². The first-order valence-electron chi connectivity index (χ1n) is 8.62. The minimum absolute atomic E-state index is 0.260. The molecule has 0 atom stereocenters. The summed E-state index contributed by atoms with van der Waals surface area (Å²) in [5.74, 6) is 0.156. The minimum Gasteiger partial charge on any atom is -0.496 e. The number of carbonyl (C=O) groups is 1. The molecule has 2 rings (SSSR count). The highest BCUT2D eigenvalue weighted by molar-refractivity contribution is 5.92. The number of carbonyl (C=O) groups excluding carboxylic acids is 1. The first kappa shape index (κ1) is 19.0. The van der Waals surface area contributed by atoms with E-state index in [1.807, 2.05) is 12.1 Å². The predicted octanol–water partition coefficient (Wildman–Crippen LogP) is 3.58. The topological polar surface area (TPSA) is 55.8 Å². The summed E-state index contributed by atoms with van der Waals surface area (Å²) in [5, 5.41) is 8.83. The van der Waals surface area contributed by atoms with Gasteiger partial charge in [0.2, 0.25) is 0 Å². The highest BCUT2D eigenvalue weighted by Gasteiger charge is 2.13. The molecule has 0 aliphatic carbocycles. The molecular weight excluding hydrogens is 316 g/mol. The fourth-order valence-electron chi connectivity index (χ4n) is 2.77. The van der Waals surface area contributed by atoms with E-state index in [0.29, 0.717) is 11.3 Å². The van der Waals surface area contributed by atoms with Crippen molar-refractivity contribution in [3.63, 3.8) is 0 Å². The second-order valence-corrected chi connectivity index (χ2v) is 6.02. The van der Waals surface area contributed by atoms with E-state index in [2.05, 4.69) is 24.3 Å². The summed E-state index contributed by atoms with van der Waals surface area (Å²) >= 11 is 0. The van der Waals surface area contributed by atoms with Crippen molar-refractivity contribution in [1.29, 1.82) is 0 Å². The molecule has 2 aromatic carbocycles. The lowest BCUT2D eigenvalue weighted by molar-refractivity contribution is 0.0597. The number of aliphatic hydroxyl groups is 1. The Kier molecular flexibility index (Phi) is 7.48. The molecule has 0 saturated carbocycles. The van der Waals surface area contributed by atoms with Crippen LogP contribution in [0.3, 0.4) is 0 Å². The predicted molar refractivity (Wildman–Crippen MR) is 98.2 cm³/mol. The van der Waals surface area contributed by atoms with E-state index < -0.39 is 0 Å². The first-order chi connectivity index (χ1) is 12.2. The van der Waals surface area contributed by atoms with Crippen molar-refractivity contribution in [2.75, 3.05) is 20.8 Å². The highest BCUT2D eigenvalue weighted by Crippen LogP contribution is 2.22. The molecule has 0 aliphatic heterocycles. The third-order valence-electron chi connectivity index (χ3n) is 4.27. The smallest absolute Gasteiger partial charge is 0.341 e. The Morgan fingerprint density at radius 3 is 2.08 bits per heavy atom. The number of rotatable bonds is 9. The Hall–Kier alpha value is -2.33. The molecule has 0 amide bonds. The van der Waals surface area contributed by atoms with Crippen LogP contribution >= 0.6 is 0 Å². The fraction of sp³-hybridized carbons (Fsp3) is 0.381. The van der Waals surface area contributed by atoms with E-state index >= 15 is 0 Å². The van der Waals surface area contributed by atoms with Gasteiger partial charge in [-0.2, -0.15) is 0 Å². The van der Waals surface area contributed by atoms with Gasteiger partial charge in [-0.25, -0.2) is 4.79 Å². The van der Waals surface area contributed by atoms with Crippen LogP contribution in [0.2, 0.25) is 0 Å². The number of hydrogen-bond donors (Lipinski definition) is 1. The van der Waals surface area contributed by atoms with Crippen LogP contribution in [0.15, 0.2) is 42.5 Å². The maximum Gasteiger partial charge on any atom is 0.341 e. The zero-order valence-electron chi connectivity index (χ0n) is 15.0. The van der Waals surface area contributed by atoms with E-state index in [9.17, 15) is 4.79 Å². The lowest BCUT2D eigenvalue weighted by atomic mass is 10.0. The van der Waals surface area contributed by atoms with Crippen molar-refractivity contribution in [3.8, 4) is 5.75 Å². The number of methoxy groups -OCH3 is 2. The SMILES string of the molecule is COC(=O)c1ccc(CCc2ccc(CCCCO)cc2)cc1OC. The van der Waals surface area contributed by atoms with E-state index in [1.54, 1.807) is 13.2 Å². The number of esters is 1. The number of hydrogen-bond acceptors (Lipinski definition) is 4. The van der Waals surface area contributed by atoms with Crippen molar-refractivity contribution in [2.24, 2.45) is 0 Å². The average molecular weight is 342 g/mol. The van der Waals surface area contributed by atoms with Gasteiger partial charge in [-0.3, -0.25) is 0 Å². The van der Waals surface area contributed by atoms with Crippen LogP contribution in [-0.2, 0) is 24.0 Å². The monoisotopic (exact) mass is 342 g/mol. The largest absolute Gasteiger partial charge is 0.496 e. The van der Waals surface area contributed by atoms with Crippen molar-refractivity contribution in [3.05, 3.63) is 64.7 Å². The molecule has 4 heteroatoms. The Bertz CT molecular complexity index is 677. The number of benzene rings is 2. The second-order valence-electron chi connectivity index (χ2n) is 6.02. The molecule has 0 aliphatic rings. The zero-order chi connectivity index (χ0) is 18.1. The summed E-state index contributed by atoms with van der Waals surface area (Å²) in [6.07, 6.45) is 4.68. The van der Waals surface area contributed by atoms with Crippen LogP contribution in [0.5, 0.6) is 5.75 Å². The molecular formula is C21H26O4. The van der Waals surface area contributed by atoms with Crippen molar-refractivity contribution in [2.45, 2.75) is 32.1 Å². The third-order valence-corrected chi connectivity index (χ3v) is 4.27. The summed E-state index contributed by atoms with van der Waals surface area (Å²) in [7, 11) is 2.92. The zero-order valence-corrected chi connectivity index (χ0v) is 15.0. The molecule has 0 unspecified atom stereocenters. The van der Waals surface area contributed by atoms with Gasteiger partial charge in [0.25, 0.3) is 0 Å². The van der Waals surface area contributed by atoms with Gasteiger partial charge in [0.1, 0.15) is 11.3 Å². The quantitative estimate of drug-likeness (QED) is 0.559. The molecule has 0 heterocycles. The number of aliphatic hydroxyl groups excluding tert-OH is 1. The van der Waals surface area contributed by atoms with E-state index in [4.69, 9.17) is 14.6 Å². The van der Waals surface area contributed by atoms with E-state index in [-0.39, 0.29) is 12.6 Å². The molecule has 0 saturated heterocycles. The van der Waals surface area contributed by atoms with Crippen LogP contribution in [0.25, 0.3) is 0 Å². The van der Waals surface area contributed by atoms with Crippen molar-refractivity contribution >= 4 is 5.97 Å². The van der Waals surface area contributed by atoms with Gasteiger partial charge in [0.05, 0.1) is 14.2 Å². The lowest BCUT2D eigenvalue weighted by Crippen LogP contribution is -2.04. The Morgan fingerprint density at radius 2 is 1.48 bits per heavy atom. The first-order valence-corrected chi connectivity index (χ1v) is 8.62. The van der Waals surface area contributed by atoms with Crippen LogP contribution in [0, 0.1) is 0 Å². The van der Waals surface area contributed by atoms with E-state index in [0.717, 1.165) is 37.7 Å². The minimum atomic E-state index is -0.389. The Balaban J connectivity index is 1.95. The van der Waals surface area contributed by atoms with Gasteiger partial charge in [-0.1, -0.05) is 30.3 Å². The second kappa shape index (κ2) is 9.84. The molecule has 2 aromatic rings. The summed E-state index contributed by atoms with van der Waals surface area (Å²) in [6, 6.07) is 14.2. The Morgan fingerprint density at radius 1 is 0.880 bits per heavy atom. The molecule has 0 fully saturated rings. The van der Waals surface area contributed by atoms with Gasteiger partial charge < -0.3 is 14.6 Å². The van der Waals surface area contributed by atoms with Gasteiger partial charge in [-0.05, 0) is 60.9 Å². The van der Waals surface area contributed by atoms with Crippen LogP contribution in [0.1, 0.15) is 39.9 Å². The molecule has 0 bridgehead atoms. The molecule has 0 aromatic heterocycles. The van der Waals surface area contributed by atoms with Gasteiger partial charge in [0.15, 0.2) is 0 Å². The molecule has 4 nitrogen and oxygen atoms in total. The van der Waals surface area contributed by atoms with Crippen LogP contribution in [-0.4, -0.2) is 31.9 Å². The maximum absolute atomic E-state index is 11.7. The van der Waals surface area contributed by atoms with Crippen LogP contribution in [0.4, 0.5) is 0 Å². The molecule has 0 radical (unpaired) electrons. The van der Waals surface area contributed by atoms with Crippen LogP contribution < -0.4 is 4.74 Å². The lowest BCUT2D eigenvalue weighted by Gasteiger charge is -2.10. The number of unbranched alkanes of at least 4 members (excludes halogenated alkanes) is 1. The van der Waals surface area contributed by atoms with Gasteiger partial charge >= 0.3 is 5.97 Å². The standard InChI is InChI=1S/C21H26O4/c1-24-20-15-18(12-13-19(20)21(23)25-2)11-10-17-8-6-16(7-9-17)5-3-4-14-22/h6-9,12-13,15,22H,3-5,10-11,14H2,1-2H3.